The minimum atomic E-state index is -0.746. The van der Waals surface area contributed by atoms with Gasteiger partial charge in [0.15, 0.2) is 0 Å². The zero-order valence-electron chi connectivity index (χ0n) is 18.0. The highest BCUT2D eigenvalue weighted by atomic mass is 16.5. The Morgan fingerprint density at radius 2 is 1.91 bits per heavy atom. The highest BCUT2D eigenvalue weighted by molar-refractivity contribution is 6.48. The van der Waals surface area contributed by atoms with Gasteiger partial charge < -0.3 is 19.4 Å². The molecule has 1 aromatic carbocycles. The average molecular weight is 430 g/mol. The third kappa shape index (κ3) is 4.02. The quantitative estimate of drug-likeness (QED) is 0.355. The van der Waals surface area contributed by atoms with Crippen LogP contribution in [0.2, 0.25) is 0 Å². The molecule has 3 heterocycles. The van der Waals surface area contributed by atoms with E-state index in [4.69, 9.17) is 9.47 Å². The topological polar surface area (TPSA) is 95.3 Å². The zero-order chi connectivity index (χ0) is 22.7. The first-order valence-corrected chi connectivity index (χ1v) is 9.93. The van der Waals surface area contributed by atoms with Crippen molar-refractivity contribution in [3.05, 3.63) is 77.9 Å². The van der Waals surface area contributed by atoms with Crippen LogP contribution in [0.15, 0.2) is 61.1 Å². The van der Waals surface area contributed by atoms with E-state index < -0.39 is 11.7 Å². The lowest BCUT2D eigenvalue weighted by atomic mass is 10.1. The number of ether oxygens (including phenoxy) is 2. The molecule has 1 N–H and O–H groups in total. The molecular formula is C24H22N4O4. The summed E-state index contributed by atoms with van der Waals surface area (Å²) in [6.45, 7) is 2.35. The van der Waals surface area contributed by atoms with Crippen molar-refractivity contribution in [3.63, 3.8) is 0 Å². The van der Waals surface area contributed by atoms with Crippen LogP contribution in [-0.2, 0) is 11.3 Å². The molecule has 4 rings (SSSR count). The van der Waals surface area contributed by atoms with Crippen molar-refractivity contribution < 1.29 is 19.1 Å². The second kappa shape index (κ2) is 8.89. The first-order valence-electron chi connectivity index (χ1n) is 9.93. The Labute approximate surface area is 184 Å². The van der Waals surface area contributed by atoms with E-state index in [-0.39, 0.29) is 0 Å². The summed E-state index contributed by atoms with van der Waals surface area (Å²) >= 11 is 0. The fourth-order valence-electron chi connectivity index (χ4n) is 3.65. The second-order valence-corrected chi connectivity index (χ2v) is 7.16. The van der Waals surface area contributed by atoms with E-state index in [1.807, 2.05) is 35.8 Å². The third-order valence-electron chi connectivity index (χ3n) is 5.23. The summed E-state index contributed by atoms with van der Waals surface area (Å²) < 4.78 is 12.4. The van der Waals surface area contributed by atoms with Crippen molar-refractivity contribution in [2.45, 2.75) is 13.5 Å². The number of carbonyl (C=O) groups is 2. The van der Waals surface area contributed by atoms with Crippen LogP contribution in [0.4, 0.5) is 5.69 Å². The molecule has 0 radical (unpaired) electrons. The fraction of sp³-hybridized carbons (Fsp3) is 0.167. The van der Waals surface area contributed by atoms with E-state index in [1.165, 1.54) is 13.3 Å². The van der Waals surface area contributed by atoms with Crippen LogP contribution in [0, 0.1) is 6.92 Å². The molecule has 0 bridgehead atoms. The average Bonchev–Trinajstić information content (AvgIpc) is 3.09. The smallest absolute Gasteiger partial charge is 0.296 e. The number of ketones is 1. The molecule has 0 aliphatic heterocycles. The van der Waals surface area contributed by atoms with Crippen molar-refractivity contribution in [1.82, 2.24) is 14.5 Å². The van der Waals surface area contributed by atoms with Gasteiger partial charge in [0.2, 0.25) is 5.88 Å². The molecule has 0 spiro atoms. The third-order valence-corrected chi connectivity index (χ3v) is 5.23. The Kier molecular flexibility index (Phi) is 5.85. The summed E-state index contributed by atoms with van der Waals surface area (Å²) in [5.41, 5.74) is 3.25. The van der Waals surface area contributed by atoms with Crippen LogP contribution in [-0.4, -0.2) is 40.4 Å². The number of rotatable bonds is 7. The summed E-state index contributed by atoms with van der Waals surface area (Å²) in [6.07, 6.45) is 4.98. The minimum Gasteiger partial charge on any atom is -0.497 e. The molecule has 32 heavy (non-hydrogen) atoms. The maximum absolute atomic E-state index is 13.3. The molecule has 0 fully saturated rings. The van der Waals surface area contributed by atoms with E-state index in [0.29, 0.717) is 40.5 Å². The highest BCUT2D eigenvalue weighted by Crippen LogP contribution is 2.31. The van der Waals surface area contributed by atoms with Crippen molar-refractivity contribution in [3.8, 4) is 11.6 Å². The maximum Gasteiger partial charge on any atom is 0.296 e. The Balaban J connectivity index is 1.75. The summed E-state index contributed by atoms with van der Waals surface area (Å²) in [5, 5.41) is 3.29. The van der Waals surface area contributed by atoms with Gasteiger partial charge in [-0.2, -0.15) is 0 Å². The van der Waals surface area contributed by atoms with Crippen molar-refractivity contribution in [2.24, 2.45) is 0 Å². The normalized spacial score (nSPS) is 10.7. The standard InChI is InChI=1S/C24H22N4O4/c1-15-22(23(29)24(30)27-17-8-10-26-21(11-17)32-3)19-12-18(31-2)6-7-20(19)28(15)14-16-5-4-9-25-13-16/h4-13H,14H2,1-3H3,(H,26,27,30). The van der Waals surface area contributed by atoms with Gasteiger partial charge in [-0.25, -0.2) is 4.98 Å². The van der Waals surface area contributed by atoms with Gasteiger partial charge in [-0.15, -0.1) is 0 Å². The predicted octanol–water partition coefficient (Wildman–Crippen LogP) is 3.63. The number of pyridine rings is 2. The van der Waals surface area contributed by atoms with Gasteiger partial charge >= 0.3 is 0 Å². The summed E-state index contributed by atoms with van der Waals surface area (Å²) in [4.78, 5) is 34.3. The van der Waals surface area contributed by atoms with Crippen LogP contribution in [0.25, 0.3) is 10.9 Å². The van der Waals surface area contributed by atoms with E-state index in [1.54, 1.807) is 37.7 Å². The number of fused-ring (bicyclic) bond motifs is 1. The highest BCUT2D eigenvalue weighted by Gasteiger charge is 2.26. The van der Waals surface area contributed by atoms with Crippen LogP contribution in [0.3, 0.4) is 0 Å². The van der Waals surface area contributed by atoms with E-state index in [2.05, 4.69) is 15.3 Å². The lowest BCUT2D eigenvalue weighted by molar-refractivity contribution is -0.112. The number of Topliss-reactive ketones (excluding diaryl/α,β-unsaturated/α-hetero) is 1. The fourth-order valence-corrected chi connectivity index (χ4v) is 3.65. The molecule has 0 saturated heterocycles. The lowest BCUT2D eigenvalue weighted by Crippen LogP contribution is -2.23. The van der Waals surface area contributed by atoms with Gasteiger partial charge in [0, 0.05) is 53.5 Å². The molecule has 4 aromatic rings. The van der Waals surface area contributed by atoms with Gasteiger partial charge in [-0.3, -0.25) is 14.6 Å². The summed E-state index contributed by atoms with van der Waals surface area (Å²) in [5.74, 6) is -0.445. The number of methoxy groups -OCH3 is 2. The molecule has 0 aliphatic carbocycles. The maximum atomic E-state index is 13.3. The molecule has 0 saturated carbocycles. The zero-order valence-corrected chi connectivity index (χ0v) is 18.0. The van der Waals surface area contributed by atoms with Gasteiger partial charge in [0.1, 0.15) is 5.75 Å². The molecule has 0 aliphatic rings. The largest absolute Gasteiger partial charge is 0.497 e. The summed E-state index contributed by atoms with van der Waals surface area (Å²) in [6, 6.07) is 12.5. The monoisotopic (exact) mass is 430 g/mol. The molecule has 0 atom stereocenters. The van der Waals surface area contributed by atoms with Gasteiger partial charge in [-0.05, 0) is 42.8 Å². The first-order chi connectivity index (χ1) is 15.5. The number of aromatic nitrogens is 3. The van der Waals surface area contributed by atoms with Crippen molar-refractivity contribution in [1.29, 1.82) is 0 Å². The minimum absolute atomic E-state index is 0.335. The summed E-state index contributed by atoms with van der Waals surface area (Å²) in [7, 11) is 3.04. The number of nitrogens with zero attached hydrogens (tertiary/aromatic N) is 3. The van der Waals surface area contributed by atoms with Crippen LogP contribution in [0.1, 0.15) is 21.6 Å². The molecule has 0 unspecified atom stereocenters. The number of amides is 1. The predicted molar refractivity (Wildman–Crippen MR) is 120 cm³/mol. The Hall–Kier alpha value is -4.20. The number of nitrogens with one attached hydrogen (secondary N) is 1. The van der Waals surface area contributed by atoms with Crippen LogP contribution in [0.5, 0.6) is 11.6 Å². The number of hydrogen-bond donors (Lipinski definition) is 1. The molecule has 1 amide bonds. The van der Waals surface area contributed by atoms with Gasteiger partial charge in [0.05, 0.1) is 19.8 Å². The number of anilines is 1. The van der Waals surface area contributed by atoms with E-state index >= 15 is 0 Å². The van der Waals surface area contributed by atoms with Crippen LogP contribution >= 0.6 is 0 Å². The Morgan fingerprint density at radius 3 is 2.62 bits per heavy atom. The van der Waals surface area contributed by atoms with Crippen molar-refractivity contribution in [2.75, 3.05) is 19.5 Å². The molecule has 8 nitrogen and oxygen atoms in total. The second-order valence-electron chi connectivity index (χ2n) is 7.16. The first kappa shape index (κ1) is 21.0. The Morgan fingerprint density at radius 1 is 1.06 bits per heavy atom. The molecular weight excluding hydrogens is 408 g/mol. The van der Waals surface area contributed by atoms with Crippen LogP contribution < -0.4 is 14.8 Å². The molecule has 8 heteroatoms. The SMILES string of the molecule is COc1ccc2c(c1)c(C(=O)C(=O)Nc1ccnc(OC)c1)c(C)n2Cc1cccnc1. The Bertz CT molecular complexity index is 1300. The number of carbonyl (C=O) groups excluding carboxylic acids is 2. The lowest BCUT2D eigenvalue weighted by Gasteiger charge is -2.09. The van der Waals surface area contributed by atoms with Crippen molar-refractivity contribution >= 4 is 28.3 Å². The van der Waals surface area contributed by atoms with E-state index in [9.17, 15) is 9.59 Å². The molecule has 3 aromatic heterocycles. The van der Waals surface area contributed by atoms with E-state index in [0.717, 1.165) is 11.1 Å². The van der Waals surface area contributed by atoms with Gasteiger partial charge in [0.25, 0.3) is 11.7 Å². The number of hydrogen-bond acceptors (Lipinski definition) is 6. The van der Waals surface area contributed by atoms with Gasteiger partial charge in [-0.1, -0.05) is 6.07 Å². The number of benzene rings is 1. The molecule has 162 valence electrons.